The molecule has 2 aliphatic heterocycles. The van der Waals surface area contributed by atoms with E-state index < -0.39 is 5.97 Å². The summed E-state index contributed by atoms with van der Waals surface area (Å²) in [6, 6.07) is 2.36. The number of fused-ring (bicyclic) bond motifs is 1. The van der Waals surface area contributed by atoms with Crippen molar-refractivity contribution in [2.24, 2.45) is 5.92 Å². The van der Waals surface area contributed by atoms with E-state index in [0.29, 0.717) is 6.42 Å². The molecule has 2 atom stereocenters. The van der Waals surface area contributed by atoms with Gasteiger partial charge in [-0.05, 0) is 25.5 Å². The van der Waals surface area contributed by atoms with Crippen molar-refractivity contribution in [3.63, 3.8) is 0 Å². The number of nitrogens with one attached hydrogen (secondary N) is 1. The molecule has 17 heavy (non-hydrogen) atoms. The quantitative estimate of drug-likeness (QED) is 0.844. The van der Waals surface area contributed by atoms with Crippen LogP contribution in [0.3, 0.4) is 0 Å². The van der Waals surface area contributed by atoms with Gasteiger partial charge >= 0.3 is 5.97 Å². The summed E-state index contributed by atoms with van der Waals surface area (Å²) >= 11 is 1.66. The molecule has 3 rings (SSSR count). The Bertz CT molecular complexity index is 421. The summed E-state index contributed by atoms with van der Waals surface area (Å²) in [4.78, 5) is 12.2. The van der Waals surface area contributed by atoms with Crippen molar-refractivity contribution < 1.29 is 14.6 Å². The van der Waals surface area contributed by atoms with Crippen LogP contribution in [-0.4, -0.2) is 24.2 Å². The average Bonchev–Trinajstić information content (AvgIpc) is 2.89. The molecule has 0 bridgehead atoms. The molecule has 0 amide bonds. The maximum Gasteiger partial charge on any atom is 0.306 e. The first-order chi connectivity index (χ1) is 8.24. The molecule has 92 valence electrons. The van der Waals surface area contributed by atoms with E-state index in [1.54, 1.807) is 11.3 Å². The Morgan fingerprint density at radius 2 is 2.47 bits per heavy atom. The third-order valence-corrected chi connectivity index (χ3v) is 4.69. The number of carboxylic acids is 1. The zero-order valence-corrected chi connectivity index (χ0v) is 10.3. The number of hydrogen-bond acceptors (Lipinski definition) is 4. The van der Waals surface area contributed by atoms with Crippen LogP contribution < -0.4 is 10.1 Å². The lowest BCUT2D eigenvalue weighted by Gasteiger charge is -2.27. The fourth-order valence-electron chi connectivity index (χ4n) is 2.51. The van der Waals surface area contributed by atoms with E-state index in [4.69, 9.17) is 9.84 Å². The number of piperidine rings is 1. The van der Waals surface area contributed by atoms with Crippen LogP contribution in [0.1, 0.15) is 29.3 Å². The zero-order valence-electron chi connectivity index (χ0n) is 9.44. The molecule has 4 nitrogen and oxygen atoms in total. The second kappa shape index (κ2) is 4.31. The molecule has 0 aliphatic carbocycles. The van der Waals surface area contributed by atoms with Crippen molar-refractivity contribution in [3.8, 4) is 5.06 Å². The lowest BCUT2D eigenvalue weighted by molar-refractivity contribution is -0.142. The van der Waals surface area contributed by atoms with Gasteiger partial charge in [-0.3, -0.25) is 4.79 Å². The summed E-state index contributed by atoms with van der Waals surface area (Å²) in [6.45, 7) is 1.57. The van der Waals surface area contributed by atoms with Gasteiger partial charge in [0.05, 0.1) is 12.5 Å². The highest BCUT2D eigenvalue weighted by Gasteiger charge is 2.29. The van der Waals surface area contributed by atoms with Crippen LogP contribution in [0.15, 0.2) is 6.07 Å². The smallest absolute Gasteiger partial charge is 0.306 e. The normalized spacial score (nSPS) is 27.5. The molecular formula is C12H15NO3S. The van der Waals surface area contributed by atoms with Gasteiger partial charge in [-0.25, -0.2) is 0 Å². The number of hydrogen-bond donors (Lipinski definition) is 2. The summed E-state index contributed by atoms with van der Waals surface area (Å²) in [7, 11) is 0. The Morgan fingerprint density at radius 3 is 3.24 bits per heavy atom. The summed E-state index contributed by atoms with van der Waals surface area (Å²) in [6.07, 6.45) is 2.41. The van der Waals surface area contributed by atoms with Crippen molar-refractivity contribution in [1.82, 2.24) is 5.32 Å². The first kappa shape index (κ1) is 11.0. The minimum atomic E-state index is -0.670. The standard InChI is InChI=1S/C12H15NO3S/c14-11(15)7-1-3-13-9(5-7)10-6-8-2-4-16-12(8)17-10/h6-7,9,13H,1-5H2,(H,14,15). The second-order valence-electron chi connectivity index (χ2n) is 4.63. The maximum absolute atomic E-state index is 11.0. The third kappa shape index (κ3) is 2.05. The van der Waals surface area contributed by atoms with Crippen molar-refractivity contribution in [3.05, 3.63) is 16.5 Å². The minimum absolute atomic E-state index is 0.184. The summed E-state index contributed by atoms with van der Waals surface area (Å²) in [5, 5.41) is 13.5. The first-order valence-corrected chi connectivity index (χ1v) is 6.77. The molecule has 1 aromatic heterocycles. The van der Waals surface area contributed by atoms with Crippen molar-refractivity contribution in [2.45, 2.75) is 25.3 Å². The number of carboxylic acid groups (broad SMARTS) is 1. The predicted molar refractivity (Wildman–Crippen MR) is 64.6 cm³/mol. The van der Waals surface area contributed by atoms with E-state index in [-0.39, 0.29) is 12.0 Å². The number of carbonyl (C=O) groups is 1. The molecule has 2 aliphatic rings. The van der Waals surface area contributed by atoms with Crippen LogP contribution in [0.5, 0.6) is 5.06 Å². The van der Waals surface area contributed by atoms with Crippen molar-refractivity contribution in [2.75, 3.05) is 13.2 Å². The van der Waals surface area contributed by atoms with E-state index in [1.807, 2.05) is 0 Å². The van der Waals surface area contributed by atoms with E-state index >= 15 is 0 Å². The Kier molecular flexibility index (Phi) is 2.80. The molecule has 5 heteroatoms. The van der Waals surface area contributed by atoms with Gasteiger partial charge < -0.3 is 15.2 Å². The Labute approximate surface area is 104 Å². The van der Waals surface area contributed by atoms with Gasteiger partial charge in [0.25, 0.3) is 0 Å². The molecule has 0 saturated carbocycles. The molecule has 0 radical (unpaired) electrons. The second-order valence-corrected chi connectivity index (χ2v) is 5.67. The molecule has 1 saturated heterocycles. The summed E-state index contributed by atoms with van der Waals surface area (Å²) in [5.41, 5.74) is 1.28. The van der Waals surface area contributed by atoms with Crippen LogP contribution in [0.4, 0.5) is 0 Å². The molecule has 1 aromatic rings. The van der Waals surface area contributed by atoms with Crippen LogP contribution in [0, 0.1) is 5.92 Å². The lowest BCUT2D eigenvalue weighted by atomic mass is 9.92. The molecule has 2 N–H and O–H groups in total. The topological polar surface area (TPSA) is 58.6 Å². The fraction of sp³-hybridized carbons (Fsp3) is 0.583. The molecular weight excluding hydrogens is 238 g/mol. The van der Waals surface area contributed by atoms with E-state index in [9.17, 15) is 4.79 Å². The molecule has 3 heterocycles. The van der Waals surface area contributed by atoms with Crippen LogP contribution >= 0.6 is 11.3 Å². The highest BCUT2D eigenvalue weighted by atomic mass is 32.1. The van der Waals surface area contributed by atoms with Crippen LogP contribution in [0.2, 0.25) is 0 Å². The van der Waals surface area contributed by atoms with E-state index in [0.717, 1.165) is 31.1 Å². The maximum atomic E-state index is 11.0. The highest BCUT2D eigenvalue weighted by Crippen LogP contribution is 2.40. The van der Waals surface area contributed by atoms with Gasteiger partial charge in [0.15, 0.2) is 5.06 Å². The van der Waals surface area contributed by atoms with Gasteiger partial charge in [0, 0.05) is 22.9 Å². The lowest BCUT2D eigenvalue weighted by Crippen LogP contribution is -2.34. The number of thiophene rings is 1. The minimum Gasteiger partial charge on any atom is -0.483 e. The predicted octanol–water partition coefficient (Wildman–Crippen LogP) is 1.81. The van der Waals surface area contributed by atoms with Crippen LogP contribution in [0.25, 0.3) is 0 Å². The Hall–Kier alpha value is -1.07. The molecule has 1 fully saturated rings. The van der Waals surface area contributed by atoms with E-state index in [2.05, 4.69) is 11.4 Å². The zero-order chi connectivity index (χ0) is 11.8. The van der Waals surface area contributed by atoms with Crippen molar-refractivity contribution >= 4 is 17.3 Å². The van der Waals surface area contributed by atoms with Gasteiger partial charge in [0.2, 0.25) is 0 Å². The fourth-order valence-corrected chi connectivity index (χ4v) is 3.68. The summed E-state index contributed by atoms with van der Waals surface area (Å²) in [5.74, 6) is -0.879. The monoisotopic (exact) mass is 253 g/mol. The first-order valence-electron chi connectivity index (χ1n) is 5.95. The largest absolute Gasteiger partial charge is 0.483 e. The van der Waals surface area contributed by atoms with Crippen molar-refractivity contribution in [1.29, 1.82) is 0 Å². The molecule has 2 unspecified atom stereocenters. The van der Waals surface area contributed by atoms with Gasteiger partial charge in [-0.2, -0.15) is 0 Å². The van der Waals surface area contributed by atoms with Gasteiger partial charge in [0.1, 0.15) is 0 Å². The molecule has 0 aromatic carbocycles. The SMILES string of the molecule is O=C(O)C1CCNC(c2cc3c(s2)OCC3)C1. The summed E-state index contributed by atoms with van der Waals surface area (Å²) < 4.78 is 5.52. The van der Waals surface area contributed by atoms with E-state index in [1.165, 1.54) is 10.4 Å². The van der Waals surface area contributed by atoms with Gasteiger partial charge in [-0.1, -0.05) is 0 Å². The molecule has 0 spiro atoms. The number of rotatable bonds is 2. The number of ether oxygens (including phenoxy) is 1. The third-order valence-electron chi connectivity index (χ3n) is 3.49. The van der Waals surface area contributed by atoms with Gasteiger partial charge in [-0.15, -0.1) is 11.3 Å². The van der Waals surface area contributed by atoms with Crippen LogP contribution in [-0.2, 0) is 11.2 Å². The highest BCUT2D eigenvalue weighted by molar-refractivity contribution is 7.14. The Balaban J connectivity index is 1.76. The Morgan fingerprint density at radius 1 is 1.59 bits per heavy atom. The number of aliphatic carboxylic acids is 1. The average molecular weight is 253 g/mol.